The molecule has 0 radical (unpaired) electrons. The molecule has 1 N–H and O–H groups in total. The molecular formula is C13H19NO4S. The second-order valence-corrected chi connectivity index (χ2v) is 7.04. The lowest BCUT2D eigenvalue weighted by Gasteiger charge is -2.31. The number of rotatable bonds is 4. The number of benzene rings is 1. The number of hydrogen-bond donors (Lipinski definition) is 1. The van der Waals surface area contributed by atoms with Crippen LogP contribution in [0.3, 0.4) is 0 Å². The first-order valence-corrected chi connectivity index (χ1v) is 7.25. The molecule has 5 nitrogen and oxygen atoms in total. The summed E-state index contributed by atoms with van der Waals surface area (Å²) < 4.78 is 25.8. The van der Waals surface area contributed by atoms with Crippen molar-refractivity contribution in [1.29, 1.82) is 0 Å². The minimum atomic E-state index is -3.84. The fourth-order valence-electron chi connectivity index (χ4n) is 1.67. The molecule has 0 unspecified atom stereocenters. The third kappa shape index (κ3) is 2.79. The van der Waals surface area contributed by atoms with Crippen molar-refractivity contribution >= 4 is 16.0 Å². The quantitative estimate of drug-likeness (QED) is 0.915. The number of likely N-dealkylation sites (N-methyl/N-ethyl adjacent to an activating group) is 1. The van der Waals surface area contributed by atoms with Crippen molar-refractivity contribution in [3.05, 3.63) is 29.3 Å². The number of nitrogens with zero attached hydrogens (tertiary/aromatic N) is 1. The van der Waals surface area contributed by atoms with E-state index < -0.39 is 21.5 Å². The van der Waals surface area contributed by atoms with Crippen molar-refractivity contribution in [3.8, 4) is 0 Å². The minimum Gasteiger partial charge on any atom is -0.480 e. The van der Waals surface area contributed by atoms with Crippen LogP contribution >= 0.6 is 0 Å². The highest BCUT2D eigenvalue weighted by molar-refractivity contribution is 7.89. The molecule has 0 heterocycles. The summed E-state index contributed by atoms with van der Waals surface area (Å²) in [5.41, 5.74) is 0.0560. The molecule has 0 bridgehead atoms. The number of carboxylic acid groups (broad SMARTS) is 1. The molecule has 0 saturated heterocycles. The van der Waals surface area contributed by atoms with Gasteiger partial charge in [0.25, 0.3) is 0 Å². The Hall–Kier alpha value is -1.40. The summed E-state index contributed by atoms with van der Waals surface area (Å²) in [5, 5.41) is 9.13. The Labute approximate surface area is 113 Å². The molecule has 0 saturated carbocycles. The van der Waals surface area contributed by atoms with Gasteiger partial charge in [0.1, 0.15) is 5.54 Å². The van der Waals surface area contributed by atoms with Gasteiger partial charge in [0.15, 0.2) is 0 Å². The van der Waals surface area contributed by atoms with Crippen LogP contribution in [-0.4, -0.2) is 36.4 Å². The lowest BCUT2D eigenvalue weighted by Crippen LogP contribution is -2.50. The second kappa shape index (κ2) is 4.94. The molecule has 1 aromatic carbocycles. The number of hydrogen-bond acceptors (Lipinski definition) is 3. The molecule has 0 aromatic heterocycles. The van der Waals surface area contributed by atoms with Crippen LogP contribution < -0.4 is 0 Å². The molecule has 0 fully saturated rings. The molecule has 0 aliphatic rings. The zero-order chi connectivity index (χ0) is 15.0. The number of sulfonamides is 1. The summed E-state index contributed by atoms with van der Waals surface area (Å²) in [6, 6.07) is 4.96. The van der Waals surface area contributed by atoms with Crippen molar-refractivity contribution in [2.45, 2.75) is 38.1 Å². The van der Waals surface area contributed by atoms with Gasteiger partial charge in [-0.25, -0.2) is 8.42 Å². The molecule has 1 aromatic rings. The van der Waals surface area contributed by atoms with Gasteiger partial charge in [-0.15, -0.1) is 0 Å². The van der Waals surface area contributed by atoms with Crippen molar-refractivity contribution < 1.29 is 18.3 Å². The number of carboxylic acids is 1. The smallest absolute Gasteiger partial charge is 0.324 e. The minimum absolute atomic E-state index is 0.134. The molecule has 1 rings (SSSR count). The van der Waals surface area contributed by atoms with Gasteiger partial charge >= 0.3 is 5.97 Å². The molecule has 19 heavy (non-hydrogen) atoms. The molecule has 0 atom stereocenters. The Kier molecular flexibility index (Phi) is 4.07. The van der Waals surface area contributed by atoms with Crippen LogP contribution in [0.4, 0.5) is 0 Å². The summed E-state index contributed by atoms with van der Waals surface area (Å²) in [6.07, 6.45) is 0. The molecule has 0 aliphatic heterocycles. The predicted octanol–water partition coefficient (Wildman–Crippen LogP) is 1.79. The third-order valence-electron chi connectivity index (χ3n) is 3.28. The Morgan fingerprint density at radius 3 is 2.21 bits per heavy atom. The number of carbonyl (C=O) groups is 1. The monoisotopic (exact) mass is 285 g/mol. The molecular weight excluding hydrogens is 266 g/mol. The van der Waals surface area contributed by atoms with E-state index in [1.807, 2.05) is 6.92 Å². The SMILES string of the molecule is Cc1ccc(S(=O)(=O)N(C)C(C)(C)C(=O)O)c(C)c1. The van der Waals surface area contributed by atoms with Crippen LogP contribution in [0.2, 0.25) is 0 Å². The first-order valence-electron chi connectivity index (χ1n) is 5.81. The van der Waals surface area contributed by atoms with Gasteiger partial charge in [0.05, 0.1) is 4.90 Å². The normalized spacial score (nSPS) is 12.7. The van der Waals surface area contributed by atoms with E-state index in [-0.39, 0.29) is 4.90 Å². The predicted molar refractivity (Wildman–Crippen MR) is 72.6 cm³/mol. The summed E-state index contributed by atoms with van der Waals surface area (Å²) in [7, 11) is -2.56. The van der Waals surface area contributed by atoms with Crippen molar-refractivity contribution in [2.24, 2.45) is 0 Å². The van der Waals surface area contributed by atoms with E-state index in [2.05, 4.69) is 0 Å². The summed E-state index contributed by atoms with van der Waals surface area (Å²) in [5.74, 6) is -1.19. The Morgan fingerprint density at radius 1 is 1.26 bits per heavy atom. The average Bonchev–Trinajstić information content (AvgIpc) is 2.27. The van der Waals surface area contributed by atoms with Crippen LogP contribution in [0.5, 0.6) is 0 Å². The second-order valence-electron chi connectivity index (χ2n) is 5.11. The third-order valence-corrected chi connectivity index (χ3v) is 5.47. The Balaban J connectivity index is 3.36. The van der Waals surface area contributed by atoms with Gasteiger partial charge in [0, 0.05) is 7.05 Å². The highest BCUT2D eigenvalue weighted by Gasteiger charge is 2.40. The zero-order valence-corrected chi connectivity index (χ0v) is 12.6. The fraction of sp³-hybridized carbons (Fsp3) is 0.462. The van der Waals surface area contributed by atoms with Gasteiger partial charge in [-0.05, 0) is 39.3 Å². The highest BCUT2D eigenvalue weighted by atomic mass is 32.2. The zero-order valence-electron chi connectivity index (χ0n) is 11.8. The molecule has 6 heteroatoms. The average molecular weight is 285 g/mol. The summed E-state index contributed by atoms with van der Waals surface area (Å²) in [6.45, 7) is 6.28. The van der Waals surface area contributed by atoms with Gasteiger partial charge in [0.2, 0.25) is 10.0 Å². The first kappa shape index (κ1) is 15.7. The molecule has 0 spiro atoms. The maximum atomic E-state index is 12.5. The topological polar surface area (TPSA) is 74.7 Å². The molecule has 106 valence electrons. The van der Waals surface area contributed by atoms with E-state index in [0.29, 0.717) is 5.56 Å². The summed E-state index contributed by atoms with van der Waals surface area (Å²) in [4.78, 5) is 11.3. The van der Waals surface area contributed by atoms with E-state index in [0.717, 1.165) is 9.87 Å². The van der Waals surface area contributed by atoms with Crippen LogP contribution in [0.1, 0.15) is 25.0 Å². The first-order chi connectivity index (χ1) is 8.51. The maximum Gasteiger partial charge on any atom is 0.324 e. The van der Waals surface area contributed by atoms with Crippen LogP contribution in [0.15, 0.2) is 23.1 Å². The fourth-order valence-corrected chi connectivity index (χ4v) is 3.35. The molecule has 0 amide bonds. The standard InChI is InChI=1S/C13H19NO4S/c1-9-6-7-11(10(2)8-9)19(17,18)14(5)13(3,4)12(15)16/h6-8H,1-5H3,(H,15,16). The van der Waals surface area contributed by atoms with Gasteiger partial charge in [-0.2, -0.15) is 4.31 Å². The summed E-state index contributed by atoms with van der Waals surface area (Å²) >= 11 is 0. The van der Waals surface area contributed by atoms with Crippen molar-refractivity contribution in [3.63, 3.8) is 0 Å². The Morgan fingerprint density at radius 2 is 1.79 bits per heavy atom. The van der Waals surface area contributed by atoms with E-state index in [9.17, 15) is 13.2 Å². The lowest BCUT2D eigenvalue weighted by atomic mass is 10.1. The molecule has 0 aliphatic carbocycles. The largest absolute Gasteiger partial charge is 0.480 e. The number of aliphatic carboxylic acids is 1. The van der Waals surface area contributed by atoms with Gasteiger partial charge in [-0.1, -0.05) is 17.7 Å². The highest BCUT2D eigenvalue weighted by Crippen LogP contribution is 2.25. The van der Waals surface area contributed by atoms with E-state index in [1.54, 1.807) is 19.1 Å². The lowest BCUT2D eigenvalue weighted by molar-refractivity contribution is -0.145. The van der Waals surface area contributed by atoms with Crippen LogP contribution in [0, 0.1) is 13.8 Å². The van der Waals surface area contributed by atoms with Crippen LogP contribution in [0.25, 0.3) is 0 Å². The van der Waals surface area contributed by atoms with Crippen molar-refractivity contribution in [1.82, 2.24) is 4.31 Å². The van der Waals surface area contributed by atoms with Crippen molar-refractivity contribution in [2.75, 3.05) is 7.05 Å². The van der Waals surface area contributed by atoms with E-state index in [1.165, 1.54) is 27.0 Å². The van der Waals surface area contributed by atoms with Crippen LogP contribution in [-0.2, 0) is 14.8 Å². The van der Waals surface area contributed by atoms with E-state index >= 15 is 0 Å². The Bertz CT molecular complexity index is 605. The number of aryl methyl sites for hydroxylation is 2. The van der Waals surface area contributed by atoms with Gasteiger partial charge < -0.3 is 5.11 Å². The van der Waals surface area contributed by atoms with Gasteiger partial charge in [-0.3, -0.25) is 4.79 Å². The van der Waals surface area contributed by atoms with E-state index in [4.69, 9.17) is 5.11 Å². The maximum absolute atomic E-state index is 12.5.